The SMILES string of the molecule is CN1C[C@H](c2ccc([N+](=O)[O-])cc2)[C@H](C(=O)c2ccccc2)[C@@]12C(=O)Nc1ccccc12. The number of carbonyl (C=O) groups excluding carboxylic acids is 2. The van der Waals surface area contributed by atoms with E-state index in [0.717, 1.165) is 11.1 Å². The number of nitro groups is 1. The lowest BCUT2D eigenvalue weighted by Gasteiger charge is -2.35. The van der Waals surface area contributed by atoms with E-state index in [1.165, 1.54) is 12.1 Å². The monoisotopic (exact) mass is 427 g/mol. The highest BCUT2D eigenvalue weighted by Crippen LogP contribution is 2.55. The number of benzene rings is 3. The summed E-state index contributed by atoms with van der Waals surface area (Å²) in [6, 6.07) is 22.8. The van der Waals surface area contributed by atoms with Crippen molar-refractivity contribution in [2.24, 2.45) is 5.92 Å². The van der Waals surface area contributed by atoms with Crippen LogP contribution in [0.4, 0.5) is 11.4 Å². The average Bonchev–Trinajstić information content (AvgIpc) is 3.29. The van der Waals surface area contributed by atoms with E-state index in [2.05, 4.69) is 5.32 Å². The number of hydrogen-bond acceptors (Lipinski definition) is 5. The topological polar surface area (TPSA) is 92.5 Å². The predicted molar refractivity (Wildman–Crippen MR) is 119 cm³/mol. The molecule has 2 aliphatic rings. The molecule has 1 saturated heterocycles. The normalized spacial score (nSPS) is 24.3. The first-order valence-electron chi connectivity index (χ1n) is 10.4. The number of amides is 1. The minimum atomic E-state index is -1.16. The molecule has 0 aromatic heterocycles. The van der Waals surface area contributed by atoms with Crippen LogP contribution in [-0.4, -0.2) is 35.1 Å². The number of fused-ring (bicyclic) bond motifs is 2. The Labute approximate surface area is 184 Å². The predicted octanol–water partition coefficient (Wildman–Crippen LogP) is 3.97. The van der Waals surface area contributed by atoms with Crippen molar-refractivity contribution in [1.29, 1.82) is 0 Å². The summed E-state index contributed by atoms with van der Waals surface area (Å²) in [6.45, 7) is 0.461. The van der Waals surface area contributed by atoms with Gasteiger partial charge in [0.25, 0.3) is 5.69 Å². The van der Waals surface area contributed by atoms with Crippen molar-refractivity contribution in [2.45, 2.75) is 11.5 Å². The first-order chi connectivity index (χ1) is 15.4. The molecule has 1 amide bonds. The summed E-state index contributed by atoms with van der Waals surface area (Å²) in [5.41, 5.74) is 1.66. The minimum Gasteiger partial charge on any atom is -0.324 e. The van der Waals surface area contributed by atoms with Crippen molar-refractivity contribution in [3.05, 3.63) is 106 Å². The largest absolute Gasteiger partial charge is 0.324 e. The second-order valence-corrected chi connectivity index (χ2v) is 8.31. The second kappa shape index (κ2) is 7.39. The number of carbonyl (C=O) groups is 2. The molecule has 5 rings (SSSR count). The summed E-state index contributed by atoms with van der Waals surface area (Å²) in [5, 5.41) is 14.1. The number of nitro benzene ring substituents is 1. The van der Waals surface area contributed by atoms with Crippen LogP contribution in [0, 0.1) is 16.0 Å². The van der Waals surface area contributed by atoms with Crippen LogP contribution in [0.2, 0.25) is 0 Å². The molecule has 1 fully saturated rings. The molecular formula is C25H21N3O4. The molecule has 2 heterocycles. The summed E-state index contributed by atoms with van der Waals surface area (Å²) < 4.78 is 0. The highest BCUT2D eigenvalue weighted by Gasteiger charge is 2.64. The zero-order chi connectivity index (χ0) is 22.5. The molecule has 1 N–H and O–H groups in total. The van der Waals surface area contributed by atoms with Crippen LogP contribution in [0.1, 0.15) is 27.4 Å². The molecule has 0 saturated carbocycles. The summed E-state index contributed by atoms with van der Waals surface area (Å²) in [7, 11) is 1.86. The Morgan fingerprint density at radius 2 is 1.69 bits per heavy atom. The number of nitrogens with one attached hydrogen (secondary N) is 1. The molecule has 32 heavy (non-hydrogen) atoms. The molecule has 3 atom stereocenters. The first kappa shape index (κ1) is 20.1. The molecule has 3 aromatic carbocycles. The molecule has 3 aromatic rings. The molecule has 0 unspecified atom stereocenters. The first-order valence-corrected chi connectivity index (χ1v) is 10.4. The average molecular weight is 427 g/mol. The lowest BCUT2D eigenvalue weighted by molar-refractivity contribution is -0.384. The third kappa shape index (κ3) is 2.78. The van der Waals surface area contributed by atoms with Gasteiger partial charge in [-0.1, -0.05) is 60.7 Å². The summed E-state index contributed by atoms with van der Waals surface area (Å²) in [6.07, 6.45) is 0. The molecule has 7 heteroatoms. The number of Topliss-reactive ketones (excluding diaryl/α,β-unsaturated/α-hetero) is 1. The van der Waals surface area contributed by atoms with Crippen molar-refractivity contribution in [1.82, 2.24) is 4.90 Å². The number of ketones is 1. The summed E-state index contributed by atoms with van der Waals surface area (Å²) in [5.74, 6) is -1.35. The molecule has 0 radical (unpaired) electrons. The van der Waals surface area contributed by atoms with Crippen molar-refractivity contribution in [3.63, 3.8) is 0 Å². The van der Waals surface area contributed by atoms with Crippen LogP contribution in [-0.2, 0) is 10.3 Å². The van der Waals surface area contributed by atoms with Crippen molar-refractivity contribution >= 4 is 23.1 Å². The number of nitrogens with zero attached hydrogens (tertiary/aromatic N) is 2. The number of likely N-dealkylation sites (N-methyl/N-ethyl adjacent to an activating group) is 1. The summed E-state index contributed by atoms with van der Waals surface area (Å²) in [4.78, 5) is 40.1. The van der Waals surface area contributed by atoms with Crippen LogP contribution in [0.25, 0.3) is 0 Å². The van der Waals surface area contributed by atoms with Gasteiger partial charge in [0.1, 0.15) is 5.54 Å². The smallest absolute Gasteiger partial charge is 0.269 e. The third-order valence-corrected chi connectivity index (χ3v) is 6.73. The van der Waals surface area contributed by atoms with Gasteiger partial charge in [0, 0.05) is 41.4 Å². The van der Waals surface area contributed by atoms with Crippen molar-refractivity contribution in [2.75, 3.05) is 18.9 Å². The fourth-order valence-electron chi connectivity index (χ4n) is 5.32. The lowest BCUT2D eigenvalue weighted by atomic mass is 9.70. The number of para-hydroxylation sites is 1. The van der Waals surface area contributed by atoms with E-state index in [0.29, 0.717) is 17.8 Å². The number of likely N-dealkylation sites (tertiary alicyclic amines) is 1. The van der Waals surface area contributed by atoms with E-state index in [9.17, 15) is 19.7 Å². The number of anilines is 1. The number of rotatable bonds is 4. The maximum absolute atomic E-state index is 14.0. The van der Waals surface area contributed by atoms with E-state index in [1.807, 2.05) is 54.4 Å². The Hall–Kier alpha value is -3.84. The van der Waals surface area contributed by atoms with Crippen molar-refractivity contribution in [3.8, 4) is 0 Å². The van der Waals surface area contributed by atoms with Crippen LogP contribution >= 0.6 is 0 Å². The van der Waals surface area contributed by atoms with E-state index in [1.54, 1.807) is 24.3 Å². The molecule has 2 aliphatic heterocycles. The van der Waals surface area contributed by atoms with Gasteiger partial charge in [0.05, 0.1) is 10.8 Å². The highest BCUT2D eigenvalue weighted by molar-refractivity contribution is 6.12. The highest BCUT2D eigenvalue weighted by atomic mass is 16.6. The van der Waals surface area contributed by atoms with E-state index in [4.69, 9.17) is 0 Å². The fourth-order valence-corrected chi connectivity index (χ4v) is 5.32. The molecule has 1 spiro atoms. The van der Waals surface area contributed by atoms with Crippen molar-refractivity contribution < 1.29 is 14.5 Å². The van der Waals surface area contributed by atoms with E-state index >= 15 is 0 Å². The quantitative estimate of drug-likeness (QED) is 0.386. The van der Waals surface area contributed by atoms with Crippen LogP contribution in [0.15, 0.2) is 78.9 Å². The van der Waals surface area contributed by atoms with Gasteiger partial charge in [-0.05, 0) is 18.7 Å². The fraction of sp³-hybridized carbons (Fsp3) is 0.200. The molecule has 7 nitrogen and oxygen atoms in total. The Balaban J connectivity index is 1.70. The van der Waals surface area contributed by atoms with Gasteiger partial charge in [-0.25, -0.2) is 0 Å². The van der Waals surface area contributed by atoms with Gasteiger partial charge in [0.15, 0.2) is 5.78 Å². The van der Waals surface area contributed by atoms with E-state index < -0.39 is 16.4 Å². The Morgan fingerprint density at radius 3 is 2.38 bits per heavy atom. The van der Waals surface area contributed by atoms with Gasteiger partial charge < -0.3 is 5.32 Å². The minimum absolute atomic E-state index is 0.00953. The lowest BCUT2D eigenvalue weighted by Crippen LogP contribution is -2.51. The zero-order valence-corrected chi connectivity index (χ0v) is 17.4. The van der Waals surface area contributed by atoms with Gasteiger partial charge >= 0.3 is 0 Å². The maximum Gasteiger partial charge on any atom is 0.269 e. The molecular weight excluding hydrogens is 406 g/mol. The maximum atomic E-state index is 14.0. The van der Waals surface area contributed by atoms with Gasteiger partial charge in [-0.2, -0.15) is 0 Å². The third-order valence-electron chi connectivity index (χ3n) is 6.73. The molecule has 0 aliphatic carbocycles. The van der Waals surface area contributed by atoms with Gasteiger partial charge in [0.2, 0.25) is 5.91 Å². The standard InChI is InChI=1S/C25H21N3O4/c1-27-15-19(16-11-13-18(14-12-16)28(31)32)22(23(29)17-7-3-2-4-8-17)25(27)20-9-5-6-10-21(20)26-24(25)30/h2-14,19,22H,15H2,1H3,(H,26,30)/t19-,22-,25+/m1/s1. The van der Waals surface area contributed by atoms with Gasteiger partial charge in [-0.3, -0.25) is 24.6 Å². The number of non-ortho nitro benzene ring substituents is 1. The van der Waals surface area contributed by atoms with Crippen LogP contribution in [0.5, 0.6) is 0 Å². The van der Waals surface area contributed by atoms with Gasteiger partial charge in [-0.15, -0.1) is 0 Å². The molecule has 160 valence electrons. The Morgan fingerprint density at radius 1 is 1.03 bits per heavy atom. The Kier molecular flexibility index (Phi) is 4.64. The zero-order valence-electron chi connectivity index (χ0n) is 17.4. The Bertz CT molecular complexity index is 1230. The van der Waals surface area contributed by atoms with Crippen LogP contribution in [0.3, 0.4) is 0 Å². The van der Waals surface area contributed by atoms with Crippen LogP contribution < -0.4 is 5.32 Å². The van der Waals surface area contributed by atoms with E-state index in [-0.39, 0.29) is 23.3 Å². The number of hydrogen-bond donors (Lipinski definition) is 1. The summed E-state index contributed by atoms with van der Waals surface area (Å²) >= 11 is 0. The molecule has 0 bridgehead atoms. The second-order valence-electron chi connectivity index (χ2n) is 8.31.